The maximum absolute atomic E-state index is 9.87. The van der Waals surface area contributed by atoms with Crippen LogP contribution < -0.4 is 5.32 Å². The maximum atomic E-state index is 9.87. The number of furan rings is 1. The van der Waals surface area contributed by atoms with Crippen LogP contribution in [0.15, 0.2) is 168 Å². The smallest absolute Gasteiger partial charge is 0.150 e. The molecule has 2 heterocycles. The largest absolute Gasteiger partial charge is 0.463 e. The summed E-state index contributed by atoms with van der Waals surface area (Å²) in [6.45, 7) is 0. The third-order valence-electron chi connectivity index (χ3n) is 8.59. The molecule has 8 rings (SSSR count). The average Bonchev–Trinajstić information content (AvgIpc) is 3.67. The topological polar surface area (TPSA) is 49.0 Å². The van der Waals surface area contributed by atoms with Crippen molar-refractivity contribution in [1.82, 2.24) is 5.32 Å². The molecule has 6 aromatic carbocycles. The van der Waals surface area contributed by atoms with Gasteiger partial charge < -0.3 is 9.73 Å². The predicted molar refractivity (Wildman–Crippen MR) is 191 cm³/mol. The van der Waals surface area contributed by atoms with Crippen molar-refractivity contribution in [3.63, 3.8) is 0 Å². The minimum Gasteiger partial charge on any atom is -0.463 e. The molecule has 0 atom stereocenters. The summed E-state index contributed by atoms with van der Waals surface area (Å²) in [6.07, 6.45) is 3.80. The van der Waals surface area contributed by atoms with Gasteiger partial charge in [-0.1, -0.05) is 133 Å². The molecule has 0 saturated carbocycles. The summed E-state index contributed by atoms with van der Waals surface area (Å²) < 4.78 is 5.84. The van der Waals surface area contributed by atoms with E-state index in [0.717, 1.165) is 67.2 Å². The molecule has 0 unspecified atom stereocenters. The zero-order valence-corrected chi connectivity index (χ0v) is 25.1. The third kappa shape index (κ3) is 5.04. The first-order valence-electron chi connectivity index (χ1n) is 15.4. The molecule has 2 N–H and O–H groups in total. The van der Waals surface area contributed by atoms with E-state index in [1.165, 1.54) is 10.8 Å². The molecule has 218 valence electrons. The fourth-order valence-electron chi connectivity index (χ4n) is 6.37. The Morgan fingerprint density at radius 2 is 1.22 bits per heavy atom. The Bertz CT molecular complexity index is 2290. The van der Waals surface area contributed by atoms with Crippen LogP contribution in [0.2, 0.25) is 0 Å². The average molecular weight is 591 g/mol. The zero-order valence-electron chi connectivity index (χ0n) is 25.1. The second-order valence-electron chi connectivity index (χ2n) is 11.4. The van der Waals surface area contributed by atoms with E-state index in [2.05, 4.69) is 121 Å². The summed E-state index contributed by atoms with van der Waals surface area (Å²) in [5.41, 5.74) is 11.3. The minimum absolute atomic E-state index is 0.436. The molecule has 0 bridgehead atoms. The van der Waals surface area contributed by atoms with Crippen LogP contribution in [-0.2, 0) is 0 Å². The van der Waals surface area contributed by atoms with E-state index < -0.39 is 0 Å². The van der Waals surface area contributed by atoms with Gasteiger partial charge in [0.25, 0.3) is 0 Å². The highest BCUT2D eigenvalue weighted by atomic mass is 16.3. The molecule has 7 aromatic rings. The lowest BCUT2D eigenvalue weighted by Gasteiger charge is -2.25. The summed E-state index contributed by atoms with van der Waals surface area (Å²) >= 11 is 0. The molecule has 0 amide bonds. The standard InChI is InChI=1S/C43H30N2O/c44-42(35-20-8-17-31(26-35)29-12-2-1-3-13-29)41(43-38-22-7-5-15-33(38)28-39(45-43)40-24-11-25-46-40)34-19-9-18-32(27-34)37-23-10-16-30-14-4-6-21-36(30)37/h1-28,44-45H/b43-41-,44-42?. The molecule has 1 aliphatic rings. The van der Waals surface area contributed by atoms with E-state index in [1.807, 2.05) is 48.5 Å². The van der Waals surface area contributed by atoms with E-state index >= 15 is 0 Å². The first-order valence-corrected chi connectivity index (χ1v) is 15.4. The molecule has 0 radical (unpaired) electrons. The van der Waals surface area contributed by atoms with Crippen LogP contribution in [0.5, 0.6) is 0 Å². The number of benzene rings is 6. The molecule has 0 aliphatic carbocycles. The van der Waals surface area contributed by atoms with Crippen LogP contribution in [0.3, 0.4) is 0 Å². The number of hydrogen-bond acceptors (Lipinski definition) is 3. The van der Waals surface area contributed by atoms with Crippen molar-refractivity contribution >= 4 is 39.5 Å². The van der Waals surface area contributed by atoms with E-state index in [4.69, 9.17) is 4.42 Å². The highest BCUT2D eigenvalue weighted by Crippen LogP contribution is 2.38. The Labute approximate surface area is 268 Å². The van der Waals surface area contributed by atoms with Crippen molar-refractivity contribution in [2.75, 3.05) is 0 Å². The van der Waals surface area contributed by atoms with Gasteiger partial charge in [-0.05, 0) is 74.5 Å². The van der Waals surface area contributed by atoms with Crippen molar-refractivity contribution in [3.05, 3.63) is 192 Å². The van der Waals surface area contributed by atoms with Crippen molar-refractivity contribution < 1.29 is 4.42 Å². The van der Waals surface area contributed by atoms with Gasteiger partial charge in [-0.2, -0.15) is 0 Å². The number of rotatable bonds is 6. The Morgan fingerprint density at radius 1 is 0.543 bits per heavy atom. The molecule has 1 aromatic heterocycles. The van der Waals surface area contributed by atoms with E-state index in [1.54, 1.807) is 6.26 Å². The van der Waals surface area contributed by atoms with Crippen LogP contribution in [0.4, 0.5) is 0 Å². The van der Waals surface area contributed by atoms with Gasteiger partial charge >= 0.3 is 0 Å². The van der Waals surface area contributed by atoms with Crippen molar-refractivity contribution in [1.29, 1.82) is 5.41 Å². The van der Waals surface area contributed by atoms with Gasteiger partial charge in [0.15, 0.2) is 0 Å². The predicted octanol–water partition coefficient (Wildman–Crippen LogP) is 10.8. The van der Waals surface area contributed by atoms with Crippen LogP contribution in [-0.4, -0.2) is 5.71 Å². The second kappa shape index (κ2) is 11.7. The lowest BCUT2D eigenvalue weighted by Crippen LogP contribution is -2.20. The maximum Gasteiger partial charge on any atom is 0.150 e. The molecule has 0 spiro atoms. The molecular formula is C43H30N2O. The highest BCUT2D eigenvalue weighted by molar-refractivity contribution is 6.36. The van der Waals surface area contributed by atoms with E-state index in [0.29, 0.717) is 5.71 Å². The third-order valence-corrected chi connectivity index (χ3v) is 8.59. The van der Waals surface area contributed by atoms with Gasteiger partial charge in [-0.25, -0.2) is 0 Å². The molecule has 3 nitrogen and oxygen atoms in total. The first kappa shape index (κ1) is 27.4. The Morgan fingerprint density at radius 3 is 2.09 bits per heavy atom. The molecule has 3 heteroatoms. The second-order valence-corrected chi connectivity index (χ2v) is 11.4. The molecule has 0 fully saturated rings. The summed E-state index contributed by atoms with van der Waals surface area (Å²) in [7, 11) is 0. The molecule has 0 saturated heterocycles. The van der Waals surface area contributed by atoms with Gasteiger partial charge in [0.2, 0.25) is 0 Å². The van der Waals surface area contributed by atoms with Gasteiger partial charge in [0.05, 0.1) is 23.4 Å². The number of hydrogen-bond donors (Lipinski definition) is 2. The summed E-state index contributed by atoms with van der Waals surface area (Å²) in [4.78, 5) is 0. The Balaban J connectivity index is 1.35. The lowest BCUT2D eigenvalue weighted by molar-refractivity contribution is 0.550. The van der Waals surface area contributed by atoms with E-state index in [-0.39, 0.29) is 0 Å². The van der Waals surface area contributed by atoms with Gasteiger partial charge in [0.1, 0.15) is 5.76 Å². The van der Waals surface area contributed by atoms with Gasteiger partial charge in [-0.3, -0.25) is 5.41 Å². The summed E-state index contributed by atoms with van der Waals surface area (Å²) in [5.74, 6) is 0.744. The van der Waals surface area contributed by atoms with Gasteiger partial charge in [0, 0.05) is 16.7 Å². The molecular weight excluding hydrogens is 560 g/mol. The number of nitrogens with one attached hydrogen (secondary N) is 2. The number of allylic oxidation sites excluding steroid dienone is 1. The van der Waals surface area contributed by atoms with Crippen molar-refractivity contribution in [3.8, 4) is 22.3 Å². The number of fused-ring (bicyclic) bond motifs is 2. The van der Waals surface area contributed by atoms with E-state index in [9.17, 15) is 5.41 Å². The van der Waals surface area contributed by atoms with Gasteiger partial charge in [-0.15, -0.1) is 0 Å². The highest BCUT2D eigenvalue weighted by Gasteiger charge is 2.25. The molecule has 46 heavy (non-hydrogen) atoms. The Kier molecular flexibility index (Phi) is 6.97. The van der Waals surface area contributed by atoms with Crippen LogP contribution in [0.1, 0.15) is 28.0 Å². The zero-order chi connectivity index (χ0) is 30.9. The fourth-order valence-corrected chi connectivity index (χ4v) is 6.37. The lowest BCUT2D eigenvalue weighted by atomic mass is 9.86. The SMILES string of the molecule is N=C(/C(=C1\NC(c2ccco2)=Cc2ccccc21)c1cccc(-c2cccc3ccccc23)c1)c1cccc(-c2ccccc2)c1. The molecule has 1 aliphatic heterocycles. The monoisotopic (exact) mass is 590 g/mol. The van der Waals surface area contributed by atoms with Crippen molar-refractivity contribution in [2.45, 2.75) is 0 Å². The normalized spacial score (nSPS) is 13.4. The summed E-state index contributed by atoms with van der Waals surface area (Å²) in [6, 6.07) is 54.3. The summed E-state index contributed by atoms with van der Waals surface area (Å²) in [5, 5.41) is 16.0. The van der Waals surface area contributed by atoms with Crippen LogP contribution in [0, 0.1) is 5.41 Å². The quantitative estimate of drug-likeness (QED) is 0.189. The van der Waals surface area contributed by atoms with Crippen LogP contribution >= 0.6 is 0 Å². The van der Waals surface area contributed by atoms with Crippen LogP contribution in [0.25, 0.3) is 56.1 Å². The fraction of sp³-hybridized carbons (Fsp3) is 0. The minimum atomic E-state index is 0.436. The Hall–Kier alpha value is -6.19. The first-order chi connectivity index (χ1) is 22.7. The van der Waals surface area contributed by atoms with Crippen molar-refractivity contribution in [2.24, 2.45) is 0 Å².